The fourth-order valence-electron chi connectivity index (χ4n) is 0. The van der Waals surface area contributed by atoms with Gasteiger partial charge in [-0.1, -0.05) is 0 Å². The molecule has 0 N–H and O–H groups in total. The predicted octanol–water partition coefficient (Wildman–Crippen LogP) is -14.7. The molecule has 0 aliphatic rings. The first-order chi connectivity index (χ1) is 10.4. The summed E-state index contributed by atoms with van der Waals surface area (Å²) in [5.74, 6) is 0. The second kappa shape index (κ2) is 56.6. The van der Waals surface area contributed by atoms with Crippen LogP contribution in [0, 0.1) is 164 Å². The maximum Gasteiger partial charge on any atom is 3.00 e. The topological polar surface area (TPSA) is 379 Å². The normalized spacial score (nSPS) is 5.14. The number of hydrogen-bond acceptors (Lipinski definition) is 18. The number of carbonyl (C=O) groups excluding carboxylic acids is 6. The van der Waals surface area contributed by atoms with Crippen molar-refractivity contribution in [2.75, 3.05) is 0 Å². The third-order valence-corrected chi connectivity index (χ3v) is 0. The maximum absolute atomic E-state index is 8.33. The van der Waals surface area contributed by atoms with E-state index in [-0.39, 0.29) is 164 Å². The molecular weight excluding hydrogens is 930 g/mol. The number of carbonyl (C=O) groups is 6. The van der Waals surface area contributed by atoms with Crippen LogP contribution in [0.25, 0.3) is 0 Å². The Morgan fingerprint density at radius 3 is 0.286 bits per heavy atom. The van der Waals surface area contributed by atoms with Crippen LogP contribution >= 0.6 is 0 Å². The molecule has 0 rings (SSSR count). The Balaban J connectivity index is -0.0000000169. The molecule has 0 aromatic carbocycles. The van der Waals surface area contributed by atoms with Gasteiger partial charge in [-0.3, -0.25) is 0 Å². The van der Waals surface area contributed by atoms with Crippen molar-refractivity contribution in [3.63, 3.8) is 0 Å². The summed E-state index contributed by atoms with van der Waals surface area (Å²) in [6.45, 7) is 0. The molecule has 0 bridgehead atoms. The standard InChI is InChI=1S/6CH2O3.2Nd.2Pr/c6*2-1(3)4;;;;/h6*(H2,2,3,4);;;;/q;;;;;;4*+3/p-12. The molecule has 22 heteroatoms. The second-order valence-corrected chi connectivity index (χ2v) is 1.50. The molecule has 0 spiro atoms. The summed E-state index contributed by atoms with van der Waals surface area (Å²) in [7, 11) is 0. The molecule has 0 aromatic rings. The van der Waals surface area contributed by atoms with E-state index in [2.05, 4.69) is 0 Å². The van der Waals surface area contributed by atoms with Crippen molar-refractivity contribution in [2.45, 2.75) is 0 Å². The van der Waals surface area contributed by atoms with Crippen LogP contribution < -0.4 is 61.3 Å². The van der Waals surface area contributed by atoms with Crippen molar-refractivity contribution in [2.24, 2.45) is 0 Å². The average molecular weight is 930 g/mol. The van der Waals surface area contributed by atoms with E-state index < -0.39 is 36.9 Å². The van der Waals surface area contributed by atoms with E-state index in [1.807, 2.05) is 0 Å². The van der Waals surface area contributed by atoms with Crippen LogP contribution in [0.15, 0.2) is 0 Å². The molecule has 0 heterocycles. The van der Waals surface area contributed by atoms with Gasteiger partial charge >= 0.3 is 164 Å². The minimum Gasteiger partial charge on any atom is -0.652 e. The van der Waals surface area contributed by atoms with Crippen molar-refractivity contribution >= 4 is 36.9 Å². The van der Waals surface area contributed by atoms with Gasteiger partial charge in [0.2, 0.25) is 0 Å². The van der Waals surface area contributed by atoms with Gasteiger partial charge in [-0.2, -0.15) is 0 Å². The van der Waals surface area contributed by atoms with E-state index in [0.29, 0.717) is 0 Å². The Morgan fingerprint density at radius 1 is 0.286 bits per heavy atom. The molecule has 0 saturated carbocycles. The summed E-state index contributed by atoms with van der Waals surface area (Å²) in [5, 5.41) is 100. The zero-order chi connectivity index (χ0) is 21.5. The van der Waals surface area contributed by atoms with Crippen LogP contribution in [0.2, 0.25) is 0 Å². The molecule has 0 saturated heterocycles. The van der Waals surface area contributed by atoms with Crippen LogP contribution in [0.1, 0.15) is 0 Å². The summed E-state index contributed by atoms with van der Waals surface area (Å²) >= 11 is 0. The molecule has 0 amide bonds. The van der Waals surface area contributed by atoms with E-state index in [1.165, 1.54) is 0 Å². The van der Waals surface area contributed by atoms with Gasteiger partial charge in [0.25, 0.3) is 0 Å². The van der Waals surface area contributed by atoms with Gasteiger partial charge in [0.1, 0.15) is 0 Å². The minimum atomic E-state index is -2.33. The molecule has 0 aromatic heterocycles. The Labute approximate surface area is 285 Å². The van der Waals surface area contributed by atoms with Gasteiger partial charge in [-0.15, -0.1) is 0 Å². The first-order valence-electron chi connectivity index (χ1n) is 3.67. The fraction of sp³-hybridized carbons (Fsp3) is 0. The summed E-state index contributed by atoms with van der Waals surface area (Å²) in [6.07, 6.45) is -14.0. The van der Waals surface area contributed by atoms with Gasteiger partial charge in [0.15, 0.2) is 0 Å². The molecule has 18 nitrogen and oxygen atoms in total. The predicted molar refractivity (Wildman–Crippen MR) is 32.4 cm³/mol. The van der Waals surface area contributed by atoms with Crippen LogP contribution in [0.3, 0.4) is 0 Å². The SMILES string of the molecule is O=C([O-])[O-].O=C([O-])[O-].O=C([O-])[O-].O=C([O-])[O-].O=C([O-])[O-].O=C([O-])[O-].[Nd+3].[Nd+3].[Pr+3].[Pr+3]. The average Bonchev–Trinajstić information content (AvgIpc) is 2.08. The molecule has 0 atom stereocenters. The van der Waals surface area contributed by atoms with Crippen molar-refractivity contribution in [3.05, 3.63) is 0 Å². The Kier molecular flexibility index (Phi) is 127. The molecular formula is C6Nd2O18Pr2. The smallest absolute Gasteiger partial charge is 0.652 e. The van der Waals surface area contributed by atoms with Gasteiger partial charge in [-0.05, 0) is 36.9 Å². The van der Waals surface area contributed by atoms with E-state index in [9.17, 15) is 0 Å². The largest absolute Gasteiger partial charge is 3.00 e. The van der Waals surface area contributed by atoms with E-state index in [1.54, 1.807) is 0 Å². The summed E-state index contributed by atoms with van der Waals surface area (Å²) in [6, 6.07) is 0. The van der Waals surface area contributed by atoms with Gasteiger partial charge in [0.05, 0.1) is 0 Å². The molecule has 0 unspecified atom stereocenters. The maximum atomic E-state index is 8.33. The summed E-state index contributed by atoms with van der Waals surface area (Å²) in [4.78, 5) is 50.0. The Morgan fingerprint density at radius 2 is 0.286 bits per heavy atom. The number of hydrogen-bond donors (Lipinski definition) is 0. The van der Waals surface area contributed by atoms with Crippen LogP contribution in [-0.2, 0) is 0 Å². The first kappa shape index (κ1) is 63.0. The van der Waals surface area contributed by atoms with E-state index in [4.69, 9.17) is 90.0 Å². The van der Waals surface area contributed by atoms with Crippen molar-refractivity contribution < 1.29 is 254 Å². The zero-order valence-electron chi connectivity index (χ0n) is 12.5. The van der Waals surface area contributed by atoms with Crippen molar-refractivity contribution in [3.8, 4) is 0 Å². The molecule has 2 radical (unpaired) electrons. The Bertz CT molecular complexity index is 271. The van der Waals surface area contributed by atoms with Gasteiger partial charge < -0.3 is 90.0 Å². The van der Waals surface area contributed by atoms with Crippen molar-refractivity contribution in [1.29, 1.82) is 0 Å². The number of rotatable bonds is 0. The van der Waals surface area contributed by atoms with E-state index >= 15 is 0 Å². The molecule has 0 aliphatic carbocycles. The second-order valence-electron chi connectivity index (χ2n) is 1.50. The quantitative estimate of drug-likeness (QED) is 0.218. The molecule has 0 fully saturated rings. The van der Waals surface area contributed by atoms with Crippen LogP contribution in [0.5, 0.6) is 0 Å². The van der Waals surface area contributed by atoms with Gasteiger partial charge in [-0.25, -0.2) is 0 Å². The molecule has 146 valence electrons. The Hall–Kier alpha value is 1.05. The summed E-state index contributed by atoms with van der Waals surface area (Å²) < 4.78 is 0. The third kappa shape index (κ3) is 16700. The third-order valence-electron chi connectivity index (χ3n) is 0. The monoisotopic (exact) mass is 926 g/mol. The molecule has 28 heavy (non-hydrogen) atoms. The van der Waals surface area contributed by atoms with E-state index in [0.717, 1.165) is 0 Å². The zero-order valence-corrected chi connectivity index (χ0v) is 26.3. The van der Waals surface area contributed by atoms with Crippen molar-refractivity contribution in [1.82, 2.24) is 0 Å². The minimum absolute atomic E-state index is 0. The van der Waals surface area contributed by atoms with Gasteiger partial charge in [0, 0.05) is 0 Å². The fourth-order valence-corrected chi connectivity index (χ4v) is 0. The summed E-state index contributed by atoms with van der Waals surface area (Å²) in [5.41, 5.74) is 0. The van der Waals surface area contributed by atoms with Crippen LogP contribution in [0.4, 0.5) is 28.8 Å². The van der Waals surface area contributed by atoms with Crippen LogP contribution in [-0.4, -0.2) is 36.9 Å². The number of carboxylic acid groups (broad SMARTS) is 12. The molecule has 0 aliphatic heterocycles. The first-order valence-corrected chi connectivity index (χ1v) is 3.67.